The van der Waals surface area contributed by atoms with Crippen molar-refractivity contribution >= 4 is 34.5 Å². The summed E-state index contributed by atoms with van der Waals surface area (Å²) >= 11 is 1.48. The molecule has 7 nitrogen and oxygen atoms in total. The topological polar surface area (TPSA) is 79.5 Å². The van der Waals surface area contributed by atoms with Crippen LogP contribution in [0.1, 0.15) is 29.0 Å². The fraction of sp³-hybridized carbons (Fsp3) is 0.364. The molecule has 0 spiro atoms. The zero-order valence-corrected chi connectivity index (χ0v) is 17.3. The van der Waals surface area contributed by atoms with Crippen LogP contribution in [0.15, 0.2) is 52.3 Å². The van der Waals surface area contributed by atoms with Crippen molar-refractivity contribution in [2.75, 3.05) is 26.2 Å². The van der Waals surface area contributed by atoms with E-state index in [-0.39, 0.29) is 17.7 Å². The Bertz CT molecular complexity index is 1070. The van der Waals surface area contributed by atoms with Crippen LogP contribution in [0.25, 0.3) is 11.0 Å². The van der Waals surface area contributed by atoms with Gasteiger partial charge in [-0.05, 0) is 25.0 Å². The molecule has 0 bridgehead atoms. The van der Waals surface area contributed by atoms with Crippen LogP contribution in [0.4, 0.5) is 0 Å². The molecule has 1 saturated carbocycles. The van der Waals surface area contributed by atoms with Gasteiger partial charge in [0.2, 0.25) is 5.91 Å². The van der Waals surface area contributed by atoms with Crippen LogP contribution in [-0.2, 0) is 10.5 Å². The first kappa shape index (κ1) is 19.1. The second kappa shape index (κ2) is 8.10. The van der Waals surface area contributed by atoms with Gasteiger partial charge in [-0.25, -0.2) is 9.97 Å². The summed E-state index contributed by atoms with van der Waals surface area (Å²) in [4.78, 5) is 37.8. The van der Waals surface area contributed by atoms with Crippen molar-refractivity contribution in [1.29, 1.82) is 0 Å². The number of hydrogen-bond donors (Lipinski definition) is 0. The minimum atomic E-state index is -0.116. The Kier molecular flexibility index (Phi) is 5.16. The van der Waals surface area contributed by atoms with Crippen LogP contribution in [0.2, 0.25) is 0 Å². The standard InChI is InChI=1S/C22H22N4O3S/c27-20(15-6-7-15)25-10-12-26(13-11-25)21(28)19-17(14-30-22-23-8-3-9-24-22)16-4-1-2-5-18(16)29-19/h1-5,8-9,15H,6-7,10-14H2. The van der Waals surface area contributed by atoms with Gasteiger partial charge in [-0.3, -0.25) is 9.59 Å². The molecule has 3 heterocycles. The minimum absolute atomic E-state index is 0.116. The zero-order chi connectivity index (χ0) is 20.5. The van der Waals surface area contributed by atoms with E-state index in [1.807, 2.05) is 29.2 Å². The van der Waals surface area contributed by atoms with Gasteiger partial charge in [0.15, 0.2) is 10.9 Å². The predicted molar refractivity (Wildman–Crippen MR) is 113 cm³/mol. The van der Waals surface area contributed by atoms with Gasteiger partial charge in [0.1, 0.15) is 5.58 Å². The van der Waals surface area contributed by atoms with Crippen molar-refractivity contribution in [1.82, 2.24) is 19.8 Å². The van der Waals surface area contributed by atoms with Crippen molar-refractivity contribution in [3.05, 3.63) is 54.0 Å². The fourth-order valence-corrected chi connectivity index (χ4v) is 4.60. The number of hydrogen-bond acceptors (Lipinski definition) is 6. The number of piperazine rings is 1. The maximum atomic E-state index is 13.3. The number of rotatable bonds is 5. The Morgan fingerprint density at radius 1 is 1.00 bits per heavy atom. The number of para-hydroxylation sites is 1. The van der Waals surface area contributed by atoms with E-state index in [0.717, 1.165) is 23.8 Å². The summed E-state index contributed by atoms with van der Waals surface area (Å²) in [5.74, 6) is 1.26. The minimum Gasteiger partial charge on any atom is -0.451 e. The third-order valence-electron chi connectivity index (χ3n) is 5.59. The second-order valence-electron chi connectivity index (χ2n) is 7.62. The lowest BCUT2D eigenvalue weighted by atomic mass is 10.1. The Morgan fingerprint density at radius 2 is 1.70 bits per heavy atom. The highest BCUT2D eigenvalue weighted by Gasteiger charge is 2.36. The number of carbonyl (C=O) groups excluding carboxylic acids is 2. The van der Waals surface area contributed by atoms with Crippen molar-refractivity contribution < 1.29 is 14.0 Å². The van der Waals surface area contributed by atoms with Crippen LogP contribution in [-0.4, -0.2) is 57.8 Å². The molecule has 1 aromatic carbocycles. The van der Waals surface area contributed by atoms with Gasteiger partial charge in [-0.2, -0.15) is 0 Å². The van der Waals surface area contributed by atoms with E-state index in [0.29, 0.717) is 48.4 Å². The van der Waals surface area contributed by atoms with Crippen molar-refractivity contribution in [2.45, 2.75) is 23.8 Å². The van der Waals surface area contributed by atoms with Gasteiger partial charge in [-0.15, -0.1) is 0 Å². The Hall–Kier alpha value is -2.87. The number of amides is 2. The summed E-state index contributed by atoms with van der Waals surface area (Å²) in [6.45, 7) is 2.23. The van der Waals surface area contributed by atoms with E-state index in [1.165, 1.54) is 11.8 Å². The average Bonchev–Trinajstić information content (AvgIpc) is 3.58. The highest BCUT2D eigenvalue weighted by atomic mass is 32.2. The van der Waals surface area contributed by atoms with Gasteiger partial charge in [-0.1, -0.05) is 30.0 Å². The number of furan rings is 1. The molecule has 0 atom stereocenters. The molecule has 2 aromatic heterocycles. The highest BCUT2D eigenvalue weighted by molar-refractivity contribution is 7.98. The largest absolute Gasteiger partial charge is 0.451 e. The molecule has 1 aliphatic carbocycles. The predicted octanol–water partition coefficient (Wildman–Crippen LogP) is 3.21. The third-order valence-corrected chi connectivity index (χ3v) is 6.49. The van der Waals surface area contributed by atoms with Crippen LogP contribution >= 0.6 is 11.8 Å². The average molecular weight is 423 g/mol. The second-order valence-corrected chi connectivity index (χ2v) is 8.56. The first-order chi connectivity index (χ1) is 14.7. The molecule has 0 N–H and O–H groups in total. The highest BCUT2D eigenvalue weighted by Crippen LogP contribution is 2.33. The Morgan fingerprint density at radius 3 is 2.43 bits per heavy atom. The quantitative estimate of drug-likeness (QED) is 0.464. The lowest BCUT2D eigenvalue weighted by molar-refractivity contribution is -0.134. The van der Waals surface area contributed by atoms with Gasteiger partial charge < -0.3 is 14.2 Å². The van der Waals surface area contributed by atoms with E-state index >= 15 is 0 Å². The zero-order valence-electron chi connectivity index (χ0n) is 16.5. The lowest BCUT2D eigenvalue weighted by Crippen LogP contribution is -2.51. The molecule has 0 unspecified atom stereocenters. The van der Waals surface area contributed by atoms with Crippen molar-refractivity contribution in [3.8, 4) is 0 Å². The number of fused-ring (bicyclic) bond motifs is 1. The maximum absolute atomic E-state index is 13.3. The number of carbonyl (C=O) groups is 2. The van der Waals surface area contributed by atoms with Crippen LogP contribution < -0.4 is 0 Å². The Balaban J connectivity index is 1.35. The summed E-state index contributed by atoms with van der Waals surface area (Å²) in [5.41, 5.74) is 1.57. The van der Waals surface area contributed by atoms with Crippen LogP contribution in [0, 0.1) is 5.92 Å². The molecule has 2 aliphatic rings. The van der Waals surface area contributed by atoms with Gasteiger partial charge >= 0.3 is 0 Å². The molecule has 5 rings (SSSR count). The normalized spacial score (nSPS) is 16.8. The molecule has 8 heteroatoms. The first-order valence-corrected chi connectivity index (χ1v) is 11.2. The molecule has 30 heavy (non-hydrogen) atoms. The summed E-state index contributed by atoms with van der Waals surface area (Å²) in [6.07, 6.45) is 5.42. The van der Waals surface area contributed by atoms with Crippen molar-refractivity contribution in [2.24, 2.45) is 5.92 Å². The molecule has 1 saturated heterocycles. The van der Waals surface area contributed by atoms with E-state index in [9.17, 15) is 9.59 Å². The fourth-order valence-electron chi connectivity index (χ4n) is 3.77. The van der Waals surface area contributed by atoms with Gasteiger partial charge in [0.25, 0.3) is 5.91 Å². The van der Waals surface area contributed by atoms with E-state index < -0.39 is 0 Å². The van der Waals surface area contributed by atoms with E-state index in [2.05, 4.69) is 9.97 Å². The number of aromatic nitrogens is 2. The molecule has 3 aromatic rings. The lowest BCUT2D eigenvalue weighted by Gasteiger charge is -2.34. The summed E-state index contributed by atoms with van der Waals surface area (Å²) < 4.78 is 6.00. The first-order valence-electron chi connectivity index (χ1n) is 10.2. The number of benzene rings is 1. The maximum Gasteiger partial charge on any atom is 0.290 e. The van der Waals surface area contributed by atoms with Crippen LogP contribution in [0.5, 0.6) is 0 Å². The summed E-state index contributed by atoms with van der Waals surface area (Å²) in [7, 11) is 0. The van der Waals surface area contributed by atoms with Gasteiger partial charge in [0, 0.05) is 61.2 Å². The van der Waals surface area contributed by atoms with Crippen molar-refractivity contribution in [3.63, 3.8) is 0 Å². The number of thioether (sulfide) groups is 1. The summed E-state index contributed by atoms with van der Waals surface area (Å²) in [6, 6.07) is 9.48. The van der Waals surface area contributed by atoms with E-state index in [4.69, 9.17) is 4.42 Å². The molecular weight excluding hydrogens is 400 g/mol. The van der Waals surface area contributed by atoms with Gasteiger partial charge in [0.05, 0.1) is 0 Å². The molecular formula is C22H22N4O3S. The number of nitrogens with zero attached hydrogens (tertiary/aromatic N) is 4. The molecule has 0 radical (unpaired) electrons. The molecule has 1 aliphatic heterocycles. The SMILES string of the molecule is O=C(c1oc2ccccc2c1CSc1ncccn1)N1CCN(C(=O)C2CC2)CC1. The molecule has 2 fully saturated rings. The van der Waals surface area contributed by atoms with E-state index in [1.54, 1.807) is 23.4 Å². The smallest absolute Gasteiger partial charge is 0.290 e. The molecule has 154 valence electrons. The van der Waals surface area contributed by atoms with Crippen LogP contribution in [0.3, 0.4) is 0 Å². The Labute approximate surface area is 178 Å². The monoisotopic (exact) mass is 422 g/mol. The third kappa shape index (κ3) is 3.79. The summed E-state index contributed by atoms with van der Waals surface area (Å²) in [5, 5.41) is 1.60. The molecule has 2 amide bonds.